The van der Waals surface area contributed by atoms with E-state index in [1.165, 1.54) is 6.42 Å². The summed E-state index contributed by atoms with van der Waals surface area (Å²) in [6.45, 7) is 0. The minimum Gasteiger partial charge on any atom is -0.478 e. The fraction of sp³-hybridized carbons (Fsp3) is 0.545. The van der Waals surface area contributed by atoms with Gasteiger partial charge in [-0.3, -0.25) is 20.4 Å². The number of carbonyl (C=O) groups is 3. The lowest BCUT2D eigenvalue weighted by Gasteiger charge is -2.26. The molecule has 0 aromatic heterocycles. The Morgan fingerprint density at radius 2 is 1.88 bits per heavy atom. The number of hydrogen-bond acceptors (Lipinski definition) is 3. The van der Waals surface area contributed by atoms with Crippen LogP contribution >= 0.6 is 0 Å². The molecular weight excluding hydrogens is 224 g/mol. The topological polar surface area (TPSA) is 95.5 Å². The Hall–Kier alpha value is -1.85. The molecule has 6 heteroatoms. The highest BCUT2D eigenvalue weighted by atomic mass is 16.4. The lowest BCUT2D eigenvalue weighted by molar-refractivity contribution is -0.131. The van der Waals surface area contributed by atoms with Crippen LogP contribution in [0.15, 0.2) is 12.2 Å². The Morgan fingerprint density at radius 3 is 2.35 bits per heavy atom. The molecule has 0 aromatic carbocycles. The van der Waals surface area contributed by atoms with E-state index in [0.717, 1.165) is 25.3 Å². The predicted molar refractivity (Wildman–Crippen MR) is 57.5 cm³/mol. The first-order chi connectivity index (χ1) is 8.03. The quantitative estimate of drug-likeness (QED) is 0.475. The van der Waals surface area contributed by atoms with Gasteiger partial charge in [-0.25, -0.2) is 4.79 Å². The number of hydrazine groups is 1. The number of aliphatic carboxylic acids is 1. The normalized spacial score (nSPS) is 24.1. The summed E-state index contributed by atoms with van der Waals surface area (Å²) in [5, 5.41) is 8.29. The number of carboxylic acids is 1. The second kappa shape index (κ2) is 4.20. The van der Waals surface area contributed by atoms with Gasteiger partial charge in [-0.05, 0) is 24.7 Å². The van der Waals surface area contributed by atoms with Crippen LogP contribution < -0.4 is 10.9 Å². The molecule has 0 radical (unpaired) electrons. The van der Waals surface area contributed by atoms with Crippen LogP contribution in [-0.4, -0.2) is 22.9 Å². The number of hydrogen-bond donors (Lipinski definition) is 3. The minimum atomic E-state index is -1.21. The highest BCUT2D eigenvalue weighted by molar-refractivity contribution is 5.95. The molecule has 0 aromatic rings. The highest BCUT2D eigenvalue weighted by Gasteiger charge is 2.60. The summed E-state index contributed by atoms with van der Waals surface area (Å²) in [5.74, 6) is -2.02. The molecule has 2 rings (SSSR count). The average Bonchev–Trinajstić information content (AvgIpc) is 2.98. The third-order valence-electron chi connectivity index (χ3n) is 3.54. The summed E-state index contributed by atoms with van der Waals surface area (Å²) >= 11 is 0. The second-order valence-electron chi connectivity index (χ2n) is 4.62. The maximum absolute atomic E-state index is 11.6. The van der Waals surface area contributed by atoms with E-state index in [1.54, 1.807) is 0 Å². The van der Waals surface area contributed by atoms with Gasteiger partial charge in [0.2, 0.25) is 5.91 Å². The zero-order valence-corrected chi connectivity index (χ0v) is 9.23. The summed E-state index contributed by atoms with van der Waals surface area (Å²) in [5.41, 5.74) is 4.68. The summed E-state index contributed by atoms with van der Waals surface area (Å²) in [4.78, 5) is 32.8. The van der Waals surface area contributed by atoms with E-state index >= 15 is 0 Å². The van der Waals surface area contributed by atoms with Crippen molar-refractivity contribution in [1.29, 1.82) is 0 Å². The first-order valence-corrected chi connectivity index (χ1v) is 5.54. The number of amides is 2. The monoisotopic (exact) mass is 238 g/mol. The first-order valence-electron chi connectivity index (χ1n) is 5.54. The van der Waals surface area contributed by atoms with E-state index in [2.05, 4.69) is 10.9 Å². The molecule has 0 heterocycles. The van der Waals surface area contributed by atoms with Gasteiger partial charge in [0.05, 0.1) is 0 Å². The Bertz CT molecular complexity index is 398. The molecule has 2 fully saturated rings. The predicted octanol–water partition coefficient (Wildman–Crippen LogP) is -0.0352. The molecule has 3 N–H and O–H groups in total. The molecule has 1 atom stereocenters. The van der Waals surface area contributed by atoms with Crippen LogP contribution in [0.1, 0.15) is 25.7 Å². The lowest BCUT2D eigenvalue weighted by Crippen LogP contribution is -2.42. The van der Waals surface area contributed by atoms with Crippen molar-refractivity contribution in [1.82, 2.24) is 10.9 Å². The van der Waals surface area contributed by atoms with Gasteiger partial charge in [0.15, 0.2) is 0 Å². The molecule has 17 heavy (non-hydrogen) atoms. The van der Waals surface area contributed by atoms with Crippen LogP contribution in [0, 0.1) is 11.3 Å². The third kappa shape index (κ3) is 2.46. The molecule has 6 nitrogen and oxygen atoms in total. The van der Waals surface area contributed by atoms with Crippen molar-refractivity contribution in [2.75, 3.05) is 0 Å². The van der Waals surface area contributed by atoms with Crippen LogP contribution in [0.4, 0.5) is 0 Å². The van der Waals surface area contributed by atoms with E-state index in [1.807, 2.05) is 0 Å². The lowest BCUT2D eigenvalue weighted by atomic mass is 9.80. The van der Waals surface area contributed by atoms with Gasteiger partial charge >= 0.3 is 5.97 Å². The van der Waals surface area contributed by atoms with Crippen molar-refractivity contribution in [2.45, 2.75) is 25.7 Å². The zero-order chi connectivity index (χ0) is 12.5. The molecule has 2 saturated carbocycles. The number of carboxylic acid groups (broad SMARTS) is 1. The Kier molecular flexibility index (Phi) is 2.87. The molecule has 92 valence electrons. The number of carbonyl (C=O) groups excluding carboxylic acids is 2. The van der Waals surface area contributed by atoms with Crippen molar-refractivity contribution in [3.63, 3.8) is 0 Å². The fourth-order valence-corrected chi connectivity index (χ4v) is 2.30. The molecule has 1 unspecified atom stereocenters. The molecule has 2 aliphatic carbocycles. The summed E-state index contributed by atoms with van der Waals surface area (Å²) in [6.07, 6.45) is 5.84. The van der Waals surface area contributed by atoms with Gasteiger partial charge in [-0.15, -0.1) is 0 Å². The van der Waals surface area contributed by atoms with Crippen LogP contribution in [0.2, 0.25) is 0 Å². The molecule has 2 aliphatic rings. The number of rotatable bonds is 3. The molecule has 0 bridgehead atoms. The smallest absolute Gasteiger partial charge is 0.328 e. The van der Waals surface area contributed by atoms with E-state index in [-0.39, 0.29) is 17.2 Å². The molecule has 0 saturated heterocycles. The zero-order valence-electron chi connectivity index (χ0n) is 9.23. The van der Waals surface area contributed by atoms with Crippen molar-refractivity contribution in [3.05, 3.63) is 12.2 Å². The largest absolute Gasteiger partial charge is 0.478 e. The van der Waals surface area contributed by atoms with Gasteiger partial charge < -0.3 is 5.11 Å². The Balaban J connectivity index is 1.70. The fourth-order valence-electron chi connectivity index (χ4n) is 2.30. The van der Waals surface area contributed by atoms with E-state index in [9.17, 15) is 14.4 Å². The maximum atomic E-state index is 11.6. The van der Waals surface area contributed by atoms with Crippen molar-refractivity contribution in [3.8, 4) is 0 Å². The summed E-state index contributed by atoms with van der Waals surface area (Å²) in [6, 6.07) is 0. The standard InChI is InChI=1S/C11H14N2O4/c14-8(2-3-9(15)16)12-13-10(17)7-6-11(7)4-1-5-11/h2-3,7H,1,4-6H2,(H,12,14)(H,13,17)(H,15,16). The molecule has 1 spiro atoms. The van der Waals surface area contributed by atoms with Crippen LogP contribution in [0.3, 0.4) is 0 Å². The van der Waals surface area contributed by atoms with Crippen LogP contribution in [0.25, 0.3) is 0 Å². The third-order valence-corrected chi connectivity index (χ3v) is 3.54. The van der Waals surface area contributed by atoms with E-state index in [0.29, 0.717) is 6.08 Å². The van der Waals surface area contributed by atoms with Crippen molar-refractivity contribution >= 4 is 17.8 Å². The first kappa shape index (κ1) is 11.6. The summed E-state index contributed by atoms with van der Waals surface area (Å²) in [7, 11) is 0. The van der Waals surface area contributed by atoms with E-state index in [4.69, 9.17) is 5.11 Å². The van der Waals surface area contributed by atoms with Crippen molar-refractivity contribution in [2.24, 2.45) is 11.3 Å². The Morgan fingerprint density at radius 1 is 1.18 bits per heavy atom. The van der Waals surface area contributed by atoms with E-state index < -0.39 is 11.9 Å². The Labute approximate surface area is 98.0 Å². The molecule has 0 aliphatic heterocycles. The van der Waals surface area contributed by atoms with Gasteiger partial charge in [0, 0.05) is 18.1 Å². The minimum absolute atomic E-state index is 0.0139. The van der Waals surface area contributed by atoms with Gasteiger partial charge in [-0.2, -0.15) is 0 Å². The molecular formula is C11H14N2O4. The van der Waals surface area contributed by atoms with Crippen LogP contribution in [-0.2, 0) is 14.4 Å². The van der Waals surface area contributed by atoms with Gasteiger partial charge in [0.1, 0.15) is 0 Å². The van der Waals surface area contributed by atoms with Crippen molar-refractivity contribution < 1.29 is 19.5 Å². The second-order valence-corrected chi connectivity index (χ2v) is 4.62. The van der Waals surface area contributed by atoms with Gasteiger partial charge in [-0.1, -0.05) is 6.42 Å². The molecule has 2 amide bonds. The summed E-state index contributed by atoms with van der Waals surface area (Å²) < 4.78 is 0. The van der Waals surface area contributed by atoms with Gasteiger partial charge in [0.25, 0.3) is 5.91 Å². The SMILES string of the molecule is O=C(O)C=CC(=O)NNC(=O)C1CC12CCC2. The number of nitrogens with one attached hydrogen (secondary N) is 2. The highest BCUT2D eigenvalue weighted by Crippen LogP contribution is 2.65. The average molecular weight is 238 g/mol. The van der Waals surface area contributed by atoms with Crippen LogP contribution in [0.5, 0.6) is 0 Å². The maximum Gasteiger partial charge on any atom is 0.328 e.